The van der Waals surface area contributed by atoms with Crippen LogP contribution in [0.25, 0.3) is 0 Å². The lowest BCUT2D eigenvalue weighted by molar-refractivity contribution is 1.31. The van der Waals surface area contributed by atoms with Gasteiger partial charge in [0.2, 0.25) is 0 Å². The molecule has 50 valence electrons. The van der Waals surface area contributed by atoms with Crippen molar-refractivity contribution in [3.63, 3.8) is 0 Å². The van der Waals surface area contributed by atoms with Gasteiger partial charge in [0, 0.05) is 4.90 Å². The maximum atomic E-state index is 8.36. The highest BCUT2D eigenvalue weighted by Gasteiger charge is 1.93. The van der Waals surface area contributed by atoms with Gasteiger partial charge in [0.15, 0.2) is 0 Å². The molecular weight excluding hydrogens is 142 g/mol. The fourth-order valence-corrected chi connectivity index (χ4v) is 1.19. The van der Waals surface area contributed by atoms with E-state index in [0.29, 0.717) is 0 Å². The molecule has 0 amide bonds. The lowest BCUT2D eigenvalue weighted by Crippen LogP contribution is -1.74. The van der Waals surface area contributed by atoms with E-state index < -0.39 is 0 Å². The van der Waals surface area contributed by atoms with Crippen LogP contribution < -0.4 is 0 Å². The quantitative estimate of drug-likeness (QED) is 0.452. The first kappa shape index (κ1) is 7.17. The summed E-state index contributed by atoms with van der Waals surface area (Å²) in [6.07, 6.45) is 0. The summed E-state index contributed by atoms with van der Waals surface area (Å²) in [6, 6.07) is 7.85. The number of hydrogen-bond donors (Lipinski definition) is 0. The Bertz CT molecular complexity index is 262. The van der Waals surface area contributed by atoms with Crippen LogP contribution in [0.2, 0.25) is 0 Å². The van der Waals surface area contributed by atoms with Gasteiger partial charge in [-0.1, -0.05) is 18.2 Å². The van der Waals surface area contributed by atoms with Crippen LogP contribution in [0.4, 0.5) is 0 Å². The standard InChI is InChI=1S/C8H7NS/c1-7-4-2-3-5-8(7)10-6-9/h2-5H,1H3. The fourth-order valence-electron chi connectivity index (χ4n) is 0.720. The SMILES string of the molecule is Cc1ccccc1SC#N. The van der Waals surface area contributed by atoms with E-state index in [-0.39, 0.29) is 0 Å². The van der Waals surface area contributed by atoms with E-state index in [9.17, 15) is 0 Å². The number of aryl methyl sites for hydroxylation is 1. The highest BCUT2D eigenvalue weighted by Crippen LogP contribution is 2.19. The zero-order valence-electron chi connectivity index (χ0n) is 5.66. The van der Waals surface area contributed by atoms with Gasteiger partial charge < -0.3 is 0 Å². The first-order valence-corrected chi connectivity index (χ1v) is 3.78. The molecule has 10 heavy (non-hydrogen) atoms. The third-order valence-corrected chi connectivity index (χ3v) is 2.02. The monoisotopic (exact) mass is 149 g/mol. The van der Waals surface area contributed by atoms with Crippen LogP contribution in [-0.2, 0) is 0 Å². The molecule has 0 aliphatic rings. The Morgan fingerprint density at radius 2 is 2.10 bits per heavy atom. The summed E-state index contributed by atoms with van der Waals surface area (Å²) in [5.41, 5.74) is 1.16. The Balaban J connectivity index is 2.94. The van der Waals surface area contributed by atoms with Crippen LogP contribution in [0.3, 0.4) is 0 Å². The van der Waals surface area contributed by atoms with Gasteiger partial charge in [-0.25, -0.2) is 0 Å². The highest BCUT2D eigenvalue weighted by molar-refractivity contribution is 8.03. The van der Waals surface area contributed by atoms with E-state index in [2.05, 4.69) is 0 Å². The van der Waals surface area contributed by atoms with Crippen LogP contribution in [0.1, 0.15) is 5.56 Å². The van der Waals surface area contributed by atoms with Gasteiger partial charge in [-0.05, 0) is 30.3 Å². The number of nitrogens with zero attached hydrogens (tertiary/aromatic N) is 1. The minimum absolute atomic E-state index is 1.05. The molecule has 0 aliphatic carbocycles. The van der Waals surface area contributed by atoms with E-state index in [1.54, 1.807) is 0 Å². The van der Waals surface area contributed by atoms with Gasteiger partial charge in [-0.2, -0.15) is 5.26 Å². The van der Waals surface area contributed by atoms with Crippen molar-refractivity contribution >= 4 is 11.8 Å². The molecule has 0 bridgehead atoms. The molecule has 0 atom stereocenters. The molecule has 1 rings (SSSR count). The Morgan fingerprint density at radius 1 is 1.40 bits per heavy atom. The van der Waals surface area contributed by atoms with Gasteiger partial charge in [0.05, 0.1) is 0 Å². The molecule has 1 nitrogen and oxygen atoms in total. The van der Waals surface area contributed by atoms with Gasteiger partial charge in [-0.15, -0.1) is 0 Å². The summed E-state index contributed by atoms with van der Waals surface area (Å²) in [7, 11) is 0. The normalized spacial score (nSPS) is 8.80. The van der Waals surface area contributed by atoms with E-state index in [1.807, 2.05) is 36.6 Å². The third kappa shape index (κ3) is 1.52. The molecule has 0 saturated heterocycles. The van der Waals surface area contributed by atoms with Crippen molar-refractivity contribution in [2.24, 2.45) is 0 Å². The maximum absolute atomic E-state index is 8.36. The molecule has 0 saturated carbocycles. The molecule has 0 unspecified atom stereocenters. The lowest BCUT2D eigenvalue weighted by atomic mass is 10.2. The fraction of sp³-hybridized carbons (Fsp3) is 0.125. The molecule has 0 fully saturated rings. The number of nitriles is 1. The summed E-state index contributed by atoms with van der Waals surface area (Å²) in [4.78, 5) is 1.05. The van der Waals surface area contributed by atoms with Crippen LogP contribution in [0, 0.1) is 17.6 Å². The predicted molar refractivity (Wildman–Crippen MR) is 42.6 cm³/mol. The van der Waals surface area contributed by atoms with Crippen molar-refractivity contribution in [3.8, 4) is 5.40 Å². The molecule has 1 aromatic carbocycles. The van der Waals surface area contributed by atoms with E-state index in [4.69, 9.17) is 5.26 Å². The Morgan fingerprint density at radius 3 is 2.70 bits per heavy atom. The molecule has 0 aromatic heterocycles. The maximum Gasteiger partial charge on any atom is 0.138 e. The number of thioether (sulfide) groups is 1. The second kappa shape index (κ2) is 3.28. The topological polar surface area (TPSA) is 23.8 Å². The molecule has 0 heterocycles. The van der Waals surface area contributed by atoms with Crippen LogP contribution >= 0.6 is 11.8 Å². The van der Waals surface area contributed by atoms with Crippen molar-refractivity contribution in [3.05, 3.63) is 29.8 Å². The van der Waals surface area contributed by atoms with Crippen molar-refractivity contribution in [1.29, 1.82) is 5.26 Å². The zero-order chi connectivity index (χ0) is 7.40. The minimum Gasteiger partial charge on any atom is -0.185 e. The first-order valence-electron chi connectivity index (χ1n) is 2.96. The Kier molecular flexibility index (Phi) is 2.35. The van der Waals surface area contributed by atoms with Crippen molar-refractivity contribution in [2.75, 3.05) is 0 Å². The highest BCUT2D eigenvalue weighted by atomic mass is 32.2. The summed E-state index contributed by atoms with van der Waals surface area (Å²) in [5.74, 6) is 0. The van der Waals surface area contributed by atoms with Gasteiger partial charge >= 0.3 is 0 Å². The largest absolute Gasteiger partial charge is 0.185 e. The number of hydrogen-bond acceptors (Lipinski definition) is 2. The molecule has 0 aliphatic heterocycles. The molecule has 0 radical (unpaired) electrons. The second-order valence-electron chi connectivity index (χ2n) is 1.96. The minimum atomic E-state index is 1.05. The number of benzene rings is 1. The lowest BCUT2D eigenvalue weighted by Gasteiger charge is -1.95. The summed E-state index contributed by atoms with van der Waals surface area (Å²) < 4.78 is 0. The smallest absolute Gasteiger partial charge is 0.138 e. The molecule has 1 aromatic rings. The Hall–Kier alpha value is -0.940. The van der Waals surface area contributed by atoms with Crippen molar-refractivity contribution < 1.29 is 0 Å². The molecular formula is C8H7NS. The summed E-state index contributed by atoms with van der Waals surface area (Å²) in [5, 5.41) is 10.4. The van der Waals surface area contributed by atoms with Gasteiger partial charge in [0.25, 0.3) is 0 Å². The molecule has 2 heteroatoms. The Labute approximate surface area is 64.7 Å². The summed E-state index contributed by atoms with van der Waals surface area (Å²) in [6.45, 7) is 2.00. The number of rotatable bonds is 1. The predicted octanol–water partition coefficient (Wildman–Crippen LogP) is 2.57. The summed E-state index contributed by atoms with van der Waals surface area (Å²) >= 11 is 1.21. The van der Waals surface area contributed by atoms with Crippen molar-refractivity contribution in [1.82, 2.24) is 0 Å². The average molecular weight is 149 g/mol. The van der Waals surface area contributed by atoms with Crippen molar-refractivity contribution in [2.45, 2.75) is 11.8 Å². The van der Waals surface area contributed by atoms with E-state index in [0.717, 1.165) is 10.5 Å². The second-order valence-corrected chi connectivity index (χ2v) is 2.79. The molecule has 0 N–H and O–H groups in total. The average Bonchev–Trinajstić information content (AvgIpc) is 1.94. The van der Waals surface area contributed by atoms with Gasteiger partial charge in [0.1, 0.15) is 5.40 Å². The van der Waals surface area contributed by atoms with Crippen LogP contribution in [0.15, 0.2) is 29.2 Å². The first-order chi connectivity index (χ1) is 4.84. The zero-order valence-corrected chi connectivity index (χ0v) is 6.48. The van der Waals surface area contributed by atoms with E-state index >= 15 is 0 Å². The molecule has 0 spiro atoms. The van der Waals surface area contributed by atoms with E-state index in [1.165, 1.54) is 11.8 Å². The third-order valence-electron chi connectivity index (χ3n) is 1.25. The van der Waals surface area contributed by atoms with Gasteiger partial charge in [-0.3, -0.25) is 0 Å². The van der Waals surface area contributed by atoms with Crippen LogP contribution in [-0.4, -0.2) is 0 Å². The number of thiocyanates is 1. The van der Waals surface area contributed by atoms with Crippen LogP contribution in [0.5, 0.6) is 0 Å².